The van der Waals surface area contributed by atoms with Crippen molar-refractivity contribution in [3.05, 3.63) is 74.9 Å². The lowest BCUT2D eigenvalue weighted by molar-refractivity contribution is -0.121. The first-order chi connectivity index (χ1) is 14.1. The second-order valence-electron chi connectivity index (χ2n) is 6.81. The van der Waals surface area contributed by atoms with Gasteiger partial charge in [0.2, 0.25) is 5.91 Å². The Bertz CT molecular complexity index is 1080. The lowest BCUT2D eigenvalue weighted by atomic mass is 10.1. The summed E-state index contributed by atoms with van der Waals surface area (Å²) in [6.45, 7) is 2.92. The molecule has 3 aromatic rings. The van der Waals surface area contributed by atoms with Gasteiger partial charge in [-0.2, -0.15) is 0 Å². The van der Waals surface area contributed by atoms with Crippen molar-refractivity contribution in [2.75, 3.05) is 13.2 Å². The van der Waals surface area contributed by atoms with E-state index in [1.807, 2.05) is 24.3 Å². The van der Waals surface area contributed by atoms with Gasteiger partial charge in [0.25, 0.3) is 5.56 Å². The van der Waals surface area contributed by atoms with Crippen LogP contribution in [0, 0.1) is 0 Å². The van der Waals surface area contributed by atoms with E-state index >= 15 is 0 Å². The molecule has 0 spiro atoms. The Balaban J connectivity index is 1.54. The molecule has 1 heterocycles. The molecule has 0 radical (unpaired) electrons. The number of carbonyl (C=O) groups is 1. The number of aromatic nitrogens is 2. The number of nitrogens with one attached hydrogen (secondary N) is 2. The number of unbranched alkanes of at least 4 members (excludes halogenated alkanes) is 1. The summed E-state index contributed by atoms with van der Waals surface area (Å²) in [6.07, 6.45) is 2.76. The number of rotatable bonds is 9. The van der Waals surface area contributed by atoms with Gasteiger partial charge in [-0.05, 0) is 42.7 Å². The predicted molar refractivity (Wildman–Crippen MR) is 112 cm³/mol. The van der Waals surface area contributed by atoms with Crippen LogP contribution in [0.5, 0.6) is 5.75 Å². The summed E-state index contributed by atoms with van der Waals surface area (Å²) in [5.74, 6) is 0.452. The van der Waals surface area contributed by atoms with Crippen LogP contribution in [0.3, 0.4) is 0 Å². The number of benzene rings is 2. The molecule has 3 rings (SSSR count). The lowest BCUT2D eigenvalue weighted by Crippen LogP contribution is -2.41. The van der Waals surface area contributed by atoms with Gasteiger partial charge < -0.3 is 15.0 Å². The fraction of sp³-hybridized carbons (Fsp3) is 0.318. The summed E-state index contributed by atoms with van der Waals surface area (Å²) in [5.41, 5.74) is 0.454. The average molecular weight is 395 g/mol. The highest BCUT2D eigenvalue weighted by molar-refractivity contribution is 5.78. The topological polar surface area (TPSA) is 93.2 Å². The van der Waals surface area contributed by atoms with Gasteiger partial charge in [-0.1, -0.05) is 37.6 Å². The molecule has 0 saturated heterocycles. The largest absolute Gasteiger partial charge is 0.494 e. The third-order valence-corrected chi connectivity index (χ3v) is 4.62. The van der Waals surface area contributed by atoms with Crippen LogP contribution < -0.4 is 21.3 Å². The van der Waals surface area contributed by atoms with Gasteiger partial charge in [-0.25, -0.2) is 4.79 Å². The van der Waals surface area contributed by atoms with Gasteiger partial charge >= 0.3 is 5.69 Å². The molecule has 7 heteroatoms. The molecule has 0 atom stereocenters. The molecule has 2 N–H and O–H groups in total. The van der Waals surface area contributed by atoms with Crippen LogP contribution in [0.2, 0.25) is 0 Å². The van der Waals surface area contributed by atoms with Crippen molar-refractivity contribution in [2.45, 2.75) is 32.7 Å². The summed E-state index contributed by atoms with van der Waals surface area (Å²) in [7, 11) is 0. The number of hydrogen-bond donors (Lipinski definition) is 2. The zero-order valence-electron chi connectivity index (χ0n) is 16.4. The molecular formula is C22H25N3O4. The number of ether oxygens (including phenoxy) is 1. The minimum absolute atomic E-state index is 0.316. The molecule has 1 aromatic heterocycles. The predicted octanol–water partition coefficient (Wildman–Crippen LogP) is 2.23. The first-order valence-corrected chi connectivity index (χ1v) is 9.79. The van der Waals surface area contributed by atoms with E-state index in [0.29, 0.717) is 30.5 Å². The fourth-order valence-corrected chi connectivity index (χ4v) is 2.97. The Hall–Kier alpha value is -3.35. The van der Waals surface area contributed by atoms with Crippen LogP contribution in [0.1, 0.15) is 25.3 Å². The zero-order valence-corrected chi connectivity index (χ0v) is 16.4. The molecule has 0 aliphatic carbocycles. The van der Waals surface area contributed by atoms with Crippen LogP contribution >= 0.6 is 0 Å². The smallest absolute Gasteiger partial charge is 0.329 e. The fourth-order valence-electron chi connectivity index (χ4n) is 2.97. The number of carbonyl (C=O) groups excluding carboxylic acids is 1. The summed E-state index contributed by atoms with van der Waals surface area (Å²) in [4.78, 5) is 39.4. The Labute approximate surface area is 168 Å². The summed E-state index contributed by atoms with van der Waals surface area (Å²) >= 11 is 0. The SMILES string of the molecule is CCCCOc1ccc(CCNC(=O)Cn2c(=O)[nH]c3ccccc3c2=O)cc1. The molecule has 0 unspecified atom stereocenters. The van der Waals surface area contributed by atoms with E-state index in [1.165, 1.54) is 0 Å². The van der Waals surface area contributed by atoms with E-state index in [2.05, 4.69) is 17.2 Å². The Morgan fingerprint density at radius 3 is 2.62 bits per heavy atom. The molecule has 0 saturated carbocycles. The van der Waals surface area contributed by atoms with Crippen molar-refractivity contribution < 1.29 is 9.53 Å². The van der Waals surface area contributed by atoms with Gasteiger partial charge in [-0.3, -0.25) is 14.2 Å². The first kappa shape index (κ1) is 20.4. The highest BCUT2D eigenvalue weighted by Crippen LogP contribution is 2.13. The molecule has 0 bridgehead atoms. The number of para-hydroxylation sites is 1. The van der Waals surface area contributed by atoms with Crippen LogP contribution in [-0.2, 0) is 17.8 Å². The first-order valence-electron chi connectivity index (χ1n) is 9.79. The molecule has 7 nitrogen and oxygen atoms in total. The molecule has 2 aromatic carbocycles. The van der Waals surface area contributed by atoms with Crippen molar-refractivity contribution in [2.24, 2.45) is 0 Å². The van der Waals surface area contributed by atoms with Crippen molar-refractivity contribution in [1.29, 1.82) is 0 Å². The van der Waals surface area contributed by atoms with E-state index in [4.69, 9.17) is 4.74 Å². The maximum atomic E-state index is 12.5. The minimum Gasteiger partial charge on any atom is -0.494 e. The molecule has 152 valence electrons. The van der Waals surface area contributed by atoms with Gasteiger partial charge in [0.05, 0.1) is 17.5 Å². The van der Waals surface area contributed by atoms with Crippen molar-refractivity contribution in [1.82, 2.24) is 14.9 Å². The van der Waals surface area contributed by atoms with Crippen molar-refractivity contribution >= 4 is 16.8 Å². The van der Waals surface area contributed by atoms with E-state index in [0.717, 1.165) is 28.7 Å². The molecular weight excluding hydrogens is 370 g/mol. The number of H-pyrrole nitrogens is 1. The Kier molecular flexibility index (Phi) is 6.84. The standard InChI is InChI=1S/C22H25N3O4/c1-2-3-14-29-17-10-8-16(9-11-17)12-13-23-20(26)15-25-21(27)18-6-4-5-7-19(18)24-22(25)28/h4-11H,2-3,12-15H2,1H3,(H,23,26)(H,24,28). The number of aromatic amines is 1. The second kappa shape index (κ2) is 9.73. The van der Waals surface area contributed by atoms with Gasteiger partial charge in [0.15, 0.2) is 0 Å². The average Bonchev–Trinajstić information content (AvgIpc) is 2.72. The summed E-state index contributed by atoms with van der Waals surface area (Å²) in [5, 5.41) is 3.13. The normalized spacial score (nSPS) is 10.8. The quantitative estimate of drug-likeness (QED) is 0.544. The highest BCUT2D eigenvalue weighted by Gasteiger charge is 2.10. The van der Waals surface area contributed by atoms with Gasteiger partial charge in [0.1, 0.15) is 12.3 Å². The van der Waals surface area contributed by atoms with E-state index in [1.54, 1.807) is 24.3 Å². The number of fused-ring (bicyclic) bond motifs is 1. The molecule has 0 aliphatic rings. The Morgan fingerprint density at radius 1 is 1.10 bits per heavy atom. The zero-order chi connectivity index (χ0) is 20.6. The number of hydrogen-bond acceptors (Lipinski definition) is 4. The van der Waals surface area contributed by atoms with Gasteiger partial charge in [-0.15, -0.1) is 0 Å². The maximum absolute atomic E-state index is 12.5. The molecule has 1 amide bonds. The minimum atomic E-state index is -0.595. The monoisotopic (exact) mass is 395 g/mol. The Morgan fingerprint density at radius 2 is 1.86 bits per heavy atom. The van der Waals surface area contributed by atoms with E-state index < -0.39 is 11.2 Å². The van der Waals surface area contributed by atoms with Crippen LogP contribution in [0.15, 0.2) is 58.1 Å². The van der Waals surface area contributed by atoms with Gasteiger partial charge in [0, 0.05) is 6.54 Å². The number of nitrogens with zero attached hydrogens (tertiary/aromatic N) is 1. The molecule has 0 aliphatic heterocycles. The highest BCUT2D eigenvalue weighted by atomic mass is 16.5. The summed E-state index contributed by atoms with van der Waals surface area (Å²) < 4.78 is 6.55. The van der Waals surface area contributed by atoms with Crippen molar-refractivity contribution in [3.63, 3.8) is 0 Å². The molecule has 29 heavy (non-hydrogen) atoms. The third-order valence-electron chi connectivity index (χ3n) is 4.62. The summed E-state index contributed by atoms with van der Waals surface area (Å²) in [6, 6.07) is 14.5. The van der Waals surface area contributed by atoms with Crippen LogP contribution in [0.25, 0.3) is 10.9 Å². The van der Waals surface area contributed by atoms with Crippen LogP contribution in [0.4, 0.5) is 0 Å². The van der Waals surface area contributed by atoms with E-state index in [-0.39, 0.29) is 12.5 Å². The van der Waals surface area contributed by atoms with E-state index in [9.17, 15) is 14.4 Å². The number of amides is 1. The lowest BCUT2D eigenvalue weighted by Gasteiger charge is -2.09. The second-order valence-corrected chi connectivity index (χ2v) is 6.81. The molecule has 0 fully saturated rings. The third kappa shape index (κ3) is 5.34. The van der Waals surface area contributed by atoms with Crippen LogP contribution in [-0.4, -0.2) is 28.6 Å². The van der Waals surface area contributed by atoms with Crippen molar-refractivity contribution in [3.8, 4) is 5.75 Å². The maximum Gasteiger partial charge on any atom is 0.329 e.